The largest absolute Gasteiger partial charge is 0.488 e. The molecule has 0 spiro atoms. The minimum absolute atomic E-state index is 0.0693. The van der Waals surface area contributed by atoms with Crippen molar-refractivity contribution in [2.24, 2.45) is 0 Å². The van der Waals surface area contributed by atoms with Gasteiger partial charge in [0.25, 0.3) is 5.56 Å². The molecule has 2 aromatic carbocycles. The van der Waals surface area contributed by atoms with E-state index in [4.69, 9.17) is 10.5 Å². The van der Waals surface area contributed by atoms with Crippen molar-refractivity contribution in [3.8, 4) is 29.0 Å². The summed E-state index contributed by atoms with van der Waals surface area (Å²) in [5.74, 6) is -3.18. The number of ether oxygens (including phenoxy) is 1. The van der Waals surface area contributed by atoms with Crippen LogP contribution < -0.4 is 16.0 Å². The topological polar surface area (TPSA) is 116 Å². The van der Waals surface area contributed by atoms with E-state index in [0.717, 1.165) is 24.3 Å². The number of halogens is 3. The number of anilines is 1. The Morgan fingerprint density at radius 1 is 1.00 bits per heavy atom. The molecule has 1 aromatic heterocycles. The van der Waals surface area contributed by atoms with Crippen LogP contribution in [0, 0.1) is 40.1 Å². The molecular weight excluding hydrogens is 385 g/mol. The summed E-state index contributed by atoms with van der Waals surface area (Å²) in [7, 11) is 0. The summed E-state index contributed by atoms with van der Waals surface area (Å²) < 4.78 is 45.8. The van der Waals surface area contributed by atoms with Gasteiger partial charge in [-0.3, -0.25) is 4.79 Å². The number of nitrogens with zero attached hydrogens (tertiary/aromatic N) is 2. The van der Waals surface area contributed by atoms with Crippen LogP contribution in [-0.2, 0) is 6.61 Å². The molecule has 0 amide bonds. The van der Waals surface area contributed by atoms with E-state index < -0.39 is 28.6 Å². The summed E-state index contributed by atoms with van der Waals surface area (Å²) in [6.07, 6.45) is 0. The molecule has 6 nitrogen and oxygen atoms in total. The standard InChI is InChI=1S/C20H11F3N4O2/c21-11-2-3-12(18-13(7-24)19(26)27-20(28)14(18)8-25)17(6-11)29-9-10-1-4-15(22)16(23)5-10/h1-6H,9H2,(H3,26,27,28). The molecule has 3 aromatic rings. The van der Waals surface area contributed by atoms with Crippen LogP contribution in [-0.4, -0.2) is 4.98 Å². The number of nitrogen functional groups attached to an aromatic ring is 1. The van der Waals surface area contributed by atoms with Gasteiger partial charge in [0.2, 0.25) is 0 Å². The molecule has 0 radical (unpaired) electrons. The van der Waals surface area contributed by atoms with Crippen molar-refractivity contribution < 1.29 is 17.9 Å². The van der Waals surface area contributed by atoms with Crippen molar-refractivity contribution in [1.29, 1.82) is 10.5 Å². The quantitative estimate of drug-likeness (QED) is 0.702. The second kappa shape index (κ2) is 7.79. The van der Waals surface area contributed by atoms with Crippen LogP contribution in [0.2, 0.25) is 0 Å². The van der Waals surface area contributed by atoms with Crippen LogP contribution in [0.15, 0.2) is 41.2 Å². The lowest BCUT2D eigenvalue weighted by atomic mass is 9.96. The van der Waals surface area contributed by atoms with Gasteiger partial charge in [-0.2, -0.15) is 10.5 Å². The van der Waals surface area contributed by atoms with Gasteiger partial charge in [-0.05, 0) is 29.8 Å². The maximum Gasteiger partial charge on any atom is 0.268 e. The Labute approximate surface area is 162 Å². The summed E-state index contributed by atoms with van der Waals surface area (Å²) >= 11 is 0. The molecule has 3 N–H and O–H groups in total. The highest BCUT2D eigenvalue weighted by atomic mass is 19.2. The molecule has 0 saturated carbocycles. The van der Waals surface area contributed by atoms with Crippen molar-refractivity contribution in [2.75, 3.05) is 5.73 Å². The van der Waals surface area contributed by atoms with E-state index in [-0.39, 0.29) is 40.4 Å². The molecule has 0 aliphatic carbocycles. The molecule has 29 heavy (non-hydrogen) atoms. The van der Waals surface area contributed by atoms with Gasteiger partial charge in [0.15, 0.2) is 11.6 Å². The van der Waals surface area contributed by atoms with Crippen molar-refractivity contribution in [1.82, 2.24) is 4.98 Å². The Balaban J connectivity index is 2.14. The zero-order valence-electron chi connectivity index (χ0n) is 14.6. The fourth-order valence-electron chi connectivity index (χ4n) is 2.73. The normalized spacial score (nSPS) is 10.2. The number of nitrogens with one attached hydrogen (secondary N) is 1. The van der Waals surface area contributed by atoms with E-state index in [1.807, 2.05) is 0 Å². The first-order chi connectivity index (χ1) is 13.8. The smallest absolute Gasteiger partial charge is 0.268 e. The molecule has 0 fully saturated rings. The van der Waals surface area contributed by atoms with Crippen LogP contribution in [0.25, 0.3) is 11.1 Å². The molecule has 0 bridgehead atoms. The first-order valence-corrected chi connectivity index (χ1v) is 8.08. The highest BCUT2D eigenvalue weighted by molar-refractivity contribution is 5.83. The highest BCUT2D eigenvalue weighted by Gasteiger charge is 2.21. The minimum atomic E-state index is -1.08. The van der Waals surface area contributed by atoms with Gasteiger partial charge in [-0.1, -0.05) is 6.07 Å². The number of hydrogen-bond donors (Lipinski definition) is 2. The average molecular weight is 396 g/mol. The average Bonchev–Trinajstić information content (AvgIpc) is 2.68. The molecular formula is C20H11F3N4O2. The third-order valence-corrected chi connectivity index (χ3v) is 4.06. The third-order valence-electron chi connectivity index (χ3n) is 4.06. The van der Waals surface area contributed by atoms with Crippen LogP contribution >= 0.6 is 0 Å². The van der Waals surface area contributed by atoms with Crippen LogP contribution in [0.5, 0.6) is 5.75 Å². The molecule has 0 aliphatic rings. The Bertz CT molecular complexity index is 1260. The molecule has 0 atom stereocenters. The summed E-state index contributed by atoms with van der Waals surface area (Å²) in [4.78, 5) is 14.3. The fourth-order valence-corrected chi connectivity index (χ4v) is 2.73. The number of benzene rings is 2. The van der Waals surface area contributed by atoms with Crippen LogP contribution in [0.4, 0.5) is 19.0 Å². The summed E-state index contributed by atoms with van der Waals surface area (Å²) in [5, 5.41) is 18.8. The van der Waals surface area contributed by atoms with E-state index >= 15 is 0 Å². The summed E-state index contributed by atoms with van der Waals surface area (Å²) in [5.41, 5.74) is 4.48. The monoisotopic (exact) mass is 396 g/mol. The van der Waals surface area contributed by atoms with E-state index in [9.17, 15) is 28.5 Å². The number of pyridine rings is 1. The van der Waals surface area contributed by atoms with Crippen LogP contribution in [0.1, 0.15) is 16.7 Å². The SMILES string of the molecule is N#Cc1c(N)[nH]c(=O)c(C#N)c1-c1ccc(F)cc1OCc1ccc(F)c(F)c1. The zero-order chi connectivity index (χ0) is 21.1. The Kier molecular flexibility index (Phi) is 5.24. The van der Waals surface area contributed by atoms with Crippen molar-refractivity contribution in [2.45, 2.75) is 6.61 Å². The molecule has 9 heteroatoms. The fraction of sp³-hybridized carbons (Fsp3) is 0.0500. The minimum Gasteiger partial charge on any atom is -0.488 e. The highest BCUT2D eigenvalue weighted by Crippen LogP contribution is 2.36. The van der Waals surface area contributed by atoms with Gasteiger partial charge in [-0.15, -0.1) is 0 Å². The van der Waals surface area contributed by atoms with Crippen molar-refractivity contribution in [3.05, 3.63) is 80.9 Å². The first kappa shape index (κ1) is 19.5. The van der Waals surface area contributed by atoms with E-state index in [1.54, 1.807) is 12.1 Å². The van der Waals surface area contributed by atoms with Gasteiger partial charge in [0, 0.05) is 17.2 Å². The molecule has 3 rings (SSSR count). The Morgan fingerprint density at radius 3 is 2.38 bits per heavy atom. The second-order valence-corrected chi connectivity index (χ2v) is 5.89. The van der Waals surface area contributed by atoms with Gasteiger partial charge >= 0.3 is 0 Å². The van der Waals surface area contributed by atoms with E-state index in [1.165, 1.54) is 12.1 Å². The first-order valence-electron chi connectivity index (χ1n) is 8.08. The summed E-state index contributed by atoms with van der Waals surface area (Å²) in [6, 6.07) is 9.89. The lowest BCUT2D eigenvalue weighted by Gasteiger charge is -2.15. The molecule has 0 unspecified atom stereocenters. The zero-order valence-corrected chi connectivity index (χ0v) is 14.6. The number of H-pyrrole nitrogens is 1. The molecule has 0 aliphatic heterocycles. The van der Waals surface area contributed by atoms with E-state index in [2.05, 4.69) is 4.98 Å². The predicted octanol–water partition coefficient (Wildman–Crippen LogP) is 3.36. The lowest BCUT2D eigenvalue weighted by molar-refractivity contribution is 0.305. The molecule has 144 valence electrons. The van der Waals surface area contributed by atoms with Gasteiger partial charge in [0.05, 0.1) is 0 Å². The molecule has 1 heterocycles. The van der Waals surface area contributed by atoms with Crippen molar-refractivity contribution >= 4 is 5.82 Å². The maximum atomic E-state index is 13.8. The number of aromatic amines is 1. The Hall–Kier alpha value is -4.24. The van der Waals surface area contributed by atoms with Crippen LogP contribution in [0.3, 0.4) is 0 Å². The number of rotatable bonds is 4. The predicted molar refractivity (Wildman–Crippen MR) is 97.0 cm³/mol. The van der Waals surface area contributed by atoms with Crippen molar-refractivity contribution in [3.63, 3.8) is 0 Å². The van der Waals surface area contributed by atoms with Gasteiger partial charge < -0.3 is 15.5 Å². The second-order valence-electron chi connectivity index (χ2n) is 5.89. The van der Waals surface area contributed by atoms with Gasteiger partial charge in [-0.25, -0.2) is 13.2 Å². The summed E-state index contributed by atoms with van der Waals surface area (Å²) in [6.45, 7) is -0.268. The number of nitriles is 2. The number of hydrogen-bond acceptors (Lipinski definition) is 5. The number of aromatic nitrogens is 1. The van der Waals surface area contributed by atoms with Gasteiger partial charge in [0.1, 0.15) is 47.3 Å². The Morgan fingerprint density at radius 2 is 1.72 bits per heavy atom. The molecule has 0 saturated heterocycles. The van der Waals surface area contributed by atoms with E-state index in [0.29, 0.717) is 0 Å². The maximum absolute atomic E-state index is 13.8. The lowest BCUT2D eigenvalue weighted by Crippen LogP contribution is -2.16. The third kappa shape index (κ3) is 3.75. The number of nitrogens with two attached hydrogens (primary N) is 1.